The van der Waals surface area contributed by atoms with Gasteiger partial charge in [0.1, 0.15) is 5.82 Å². The van der Waals surface area contributed by atoms with Gasteiger partial charge in [-0.3, -0.25) is 19.3 Å². The van der Waals surface area contributed by atoms with Gasteiger partial charge in [-0.05, 0) is 30.0 Å². The van der Waals surface area contributed by atoms with Crippen LogP contribution in [-0.2, 0) is 19.4 Å². The summed E-state index contributed by atoms with van der Waals surface area (Å²) < 4.78 is 36.3. The first-order valence-corrected chi connectivity index (χ1v) is 10.5. The van der Waals surface area contributed by atoms with E-state index in [1.165, 1.54) is 30.4 Å². The molecule has 0 bridgehead atoms. The summed E-state index contributed by atoms with van der Waals surface area (Å²) in [6.07, 6.45) is 2.52. The van der Waals surface area contributed by atoms with Gasteiger partial charge < -0.3 is 5.32 Å². The van der Waals surface area contributed by atoms with Crippen molar-refractivity contribution in [3.8, 4) is 0 Å². The van der Waals surface area contributed by atoms with E-state index in [4.69, 9.17) is 0 Å². The lowest BCUT2D eigenvalue weighted by Gasteiger charge is -2.14. The molecule has 1 N–H and O–H groups in total. The van der Waals surface area contributed by atoms with Crippen molar-refractivity contribution in [1.29, 1.82) is 0 Å². The first kappa shape index (κ1) is 19.3. The predicted octanol–water partition coefficient (Wildman–Crippen LogP) is 1.68. The van der Waals surface area contributed by atoms with E-state index in [-0.39, 0.29) is 29.2 Å². The number of rotatable bonds is 5. The highest BCUT2D eigenvalue weighted by Gasteiger charge is 2.35. The second-order valence-electron chi connectivity index (χ2n) is 5.94. The molecule has 1 unspecified atom stereocenters. The molecule has 1 aromatic carbocycles. The third kappa shape index (κ3) is 4.64. The zero-order valence-electron chi connectivity index (χ0n) is 13.9. The third-order valence-electron chi connectivity index (χ3n) is 3.90. The summed E-state index contributed by atoms with van der Waals surface area (Å²) in [5.74, 6) is -1.78. The molecule has 0 aliphatic carbocycles. The Bertz CT molecular complexity index is 971. The Labute approximate surface area is 159 Å². The van der Waals surface area contributed by atoms with Crippen LogP contribution in [0.2, 0.25) is 0 Å². The molecule has 2 aliphatic heterocycles. The lowest BCUT2D eigenvalue weighted by atomic mass is 10.2. The summed E-state index contributed by atoms with van der Waals surface area (Å²) in [6, 6.07) is 5.25. The SMILES string of the molecule is O=C(CCN1C(=O)S/C(=C\c2ccccc2F)C1=O)NC1C=CS(=O)(=O)C1. The Balaban J connectivity index is 1.59. The molecule has 0 spiro atoms. The van der Waals surface area contributed by atoms with Crippen LogP contribution in [0.15, 0.2) is 40.7 Å². The maximum atomic E-state index is 13.7. The molecule has 2 aliphatic rings. The van der Waals surface area contributed by atoms with Crippen LogP contribution in [0.1, 0.15) is 12.0 Å². The maximum absolute atomic E-state index is 13.7. The van der Waals surface area contributed by atoms with Gasteiger partial charge in [-0.2, -0.15) is 0 Å². The molecule has 1 aromatic rings. The number of hydrogen-bond donors (Lipinski definition) is 1. The van der Waals surface area contributed by atoms with Crippen molar-refractivity contribution in [3.05, 3.63) is 52.0 Å². The molecule has 1 fully saturated rings. The Morgan fingerprint density at radius 3 is 2.74 bits per heavy atom. The van der Waals surface area contributed by atoms with Gasteiger partial charge in [-0.25, -0.2) is 12.8 Å². The van der Waals surface area contributed by atoms with Crippen molar-refractivity contribution in [2.24, 2.45) is 0 Å². The molecule has 10 heteroatoms. The average molecular weight is 410 g/mol. The van der Waals surface area contributed by atoms with Gasteiger partial charge in [-0.1, -0.05) is 18.2 Å². The Morgan fingerprint density at radius 2 is 2.07 bits per heavy atom. The summed E-state index contributed by atoms with van der Waals surface area (Å²) in [5.41, 5.74) is 0.190. The van der Waals surface area contributed by atoms with Gasteiger partial charge in [0.2, 0.25) is 5.91 Å². The fraction of sp³-hybridized carbons (Fsp3) is 0.235. The Hall–Kier alpha value is -2.46. The molecular weight excluding hydrogens is 395 g/mol. The Morgan fingerprint density at radius 1 is 1.33 bits per heavy atom. The fourth-order valence-corrected chi connectivity index (χ4v) is 4.68. The van der Waals surface area contributed by atoms with Crippen molar-refractivity contribution in [1.82, 2.24) is 10.2 Å². The van der Waals surface area contributed by atoms with E-state index in [1.807, 2.05) is 0 Å². The molecule has 2 heterocycles. The molecule has 3 amide bonds. The first-order chi connectivity index (χ1) is 12.7. The first-order valence-electron chi connectivity index (χ1n) is 7.95. The van der Waals surface area contributed by atoms with Gasteiger partial charge >= 0.3 is 0 Å². The van der Waals surface area contributed by atoms with E-state index in [0.29, 0.717) is 11.8 Å². The summed E-state index contributed by atoms with van der Waals surface area (Å²) in [7, 11) is -3.29. The number of carbonyl (C=O) groups is 3. The standard InChI is InChI=1S/C17H15FN2O5S2/c18-13-4-2-1-3-11(13)9-14-16(22)20(17(23)26-14)7-5-15(21)19-12-6-8-27(24,25)10-12/h1-4,6,8-9,12H,5,7,10H2,(H,19,21)/b14-9-. The van der Waals surface area contributed by atoms with Gasteiger partial charge in [0, 0.05) is 23.9 Å². The number of nitrogens with zero attached hydrogens (tertiary/aromatic N) is 1. The molecular formula is C17H15FN2O5S2. The second kappa shape index (κ2) is 7.65. The average Bonchev–Trinajstić information content (AvgIpc) is 3.07. The fourth-order valence-electron chi connectivity index (χ4n) is 2.58. The number of imide groups is 1. The molecule has 27 heavy (non-hydrogen) atoms. The van der Waals surface area contributed by atoms with Gasteiger partial charge in [0.05, 0.1) is 16.7 Å². The highest BCUT2D eigenvalue weighted by molar-refractivity contribution is 8.18. The lowest BCUT2D eigenvalue weighted by Crippen LogP contribution is -2.38. The van der Waals surface area contributed by atoms with Crippen LogP contribution in [0.4, 0.5) is 9.18 Å². The van der Waals surface area contributed by atoms with Crippen LogP contribution in [0.3, 0.4) is 0 Å². The molecule has 0 radical (unpaired) electrons. The van der Waals surface area contributed by atoms with Crippen molar-refractivity contribution in [2.45, 2.75) is 12.5 Å². The number of thioether (sulfide) groups is 1. The third-order valence-corrected chi connectivity index (χ3v) is 6.21. The number of sulfone groups is 1. The van der Waals surface area contributed by atoms with E-state index < -0.39 is 38.7 Å². The van der Waals surface area contributed by atoms with Crippen LogP contribution in [0, 0.1) is 5.82 Å². The number of carbonyl (C=O) groups excluding carboxylic acids is 3. The lowest BCUT2D eigenvalue weighted by molar-refractivity contribution is -0.124. The molecule has 142 valence electrons. The van der Waals surface area contributed by atoms with Crippen LogP contribution in [0.25, 0.3) is 6.08 Å². The molecule has 3 rings (SSSR count). The van der Waals surface area contributed by atoms with E-state index >= 15 is 0 Å². The normalized spacial score (nSPS) is 22.6. The van der Waals surface area contributed by atoms with E-state index in [9.17, 15) is 27.2 Å². The highest BCUT2D eigenvalue weighted by Crippen LogP contribution is 2.32. The van der Waals surface area contributed by atoms with E-state index in [0.717, 1.165) is 10.3 Å². The summed E-state index contributed by atoms with van der Waals surface area (Å²) >= 11 is 0.679. The minimum atomic E-state index is -3.29. The maximum Gasteiger partial charge on any atom is 0.293 e. The zero-order valence-corrected chi connectivity index (χ0v) is 15.6. The Kier molecular flexibility index (Phi) is 5.47. The zero-order chi connectivity index (χ0) is 19.6. The van der Waals surface area contributed by atoms with Gasteiger partial charge in [0.15, 0.2) is 9.84 Å². The molecule has 1 saturated heterocycles. The topological polar surface area (TPSA) is 101 Å². The monoisotopic (exact) mass is 410 g/mol. The molecule has 0 saturated carbocycles. The molecule has 1 atom stereocenters. The van der Waals surface area contributed by atoms with Crippen LogP contribution in [-0.4, -0.2) is 48.7 Å². The van der Waals surface area contributed by atoms with E-state index in [2.05, 4.69) is 5.32 Å². The predicted molar refractivity (Wildman–Crippen MR) is 98.6 cm³/mol. The largest absolute Gasteiger partial charge is 0.349 e. The molecule has 7 nitrogen and oxygen atoms in total. The van der Waals surface area contributed by atoms with Crippen LogP contribution >= 0.6 is 11.8 Å². The van der Waals surface area contributed by atoms with Gasteiger partial charge in [-0.15, -0.1) is 0 Å². The number of amides is 3. The highest BCUT2D eigenvalue weighted by atomic mass is 32.2. The number of halogens is 1. The van der Waals surface area contributed by atoms with Crippen molar-refractivity contribution >= 4 is 44.7 Å². The smallest absolute Gasteiger partial charge is 0.293 e. The molecule has 0 aromatic heterocycles. The van der Waals surface area contributed by atoms with Crippen molar-refractivity contribution in [3.63, 3.8) is 0 Å². The summed E-state index contributed by atoms with van der Waals surface area (Å²) in [4.78, 5) is 37.3. The van der Waals surface area contributed by atoms with Crippen molar-refractivity contribution < 1.29 is 27.2 Å². The van der Waals surface area contributed by atoms with Gasteiger partial charge in [0.25, 0.3) is 11.1 Å². The summed E-state index contributed by atoms with van der Waals surface area (Å²) in [6.45, 7) is -0.145. The van der Waals surface area contributed by atoms with Crippen LogP contribution in [0.5, 0.6) is 0 Å². The number of hydrogen-bond acceptors (Lipinski definition) is 6. The minimum absolute atomic E-state index is 0.0790. The number of nitrogens with one attached hydrogen (secondary N) is 1. The second-order valence-corrected chi connectivity index (χ2v) is 8.86. The van der Waals surface area contributed by atoms with E-state index in [1.54, 1.807) is 6.07 Å². The minimum Gasteiger partial charge on any atom is -0.349 e. The number of benzene rings is 1. The van der Waals surface area contributed by atoms with Crippen LogP contribution < -0.4 is 5.32 Å². The quantitative estimate of drug-likeness (QED) is 0.742. The summed E-state index contributed by atoms with van der Waals surface area (Å²) in [5, 5.41) is 3.02. The van der Waals surface area contributed by atoms with Crippen molar-refractivity contribution in [2.75, 3.05) is 12.3 Å².